The van der Waals surface area contributed by atoms with Crippen LogP contribution in [0.4, 0.5) is 0 Å². The Balaban J connectivity index is 1.85. The van der Waals surface area contributed by atoms with Crippen LogP contribution >= 0.6 is 22.7 Å². The zero-order chi connectivity index (χ0) is 14.1. The van der Waals surface area contributed by atoms with E-state index in [1.807, 2.05) is 29.3 Å². The van der Waals surface area contributed by atoms with Gasteiger partial charge in [0, 0.05) is 19.1 Å². The van der Waals surface area contributed by atoms with Gasteiger partial charge in [0.15, 0.2) is 0 Å². The van der Waals surface area contributed by atoms with E-state index in [0.29, 0.717) is 6.54 Å². The number of nitrogens with zero attached hydrogens (tertiary/aromatic N) is 2. The molecule has 20 heavy (non-hydrogen) atoms. The SMILES string of the molecule is Cc1nc(-c2cccs2)sc1C(=O)N1CCCC(N)C1. The van der Waals surface area contributed by atoms with Crippen molar-refractivity contribution in [2.24, 2.45) is 5.73 Å². The number of thiophene rings is 1. The Bertz CT molecular complexity index is 606. The first kappa shape index (κ1) is 13.7. The van der Waals surface area contributed by atoms with Crippen molar-refractivity contribution in [2.45, 2.75) is 25.8 Å². The Kier molecular flexibility index (Phi) is 3.87. The number of nitrogens with two attached hydrogens (primary N) is 1. The quantitative estimate of drug-likeness (QED) is 0.928. The van der Waals surface area contributed by atoms with E-state index in [9.17, 15) is 4.79 Å². The number of thiazole rings is 1. The number of likely N-dealkylation sites (tertiary alicyclic amines) is 1. The summed E-state index contributed by atoms with van der Waals surface area (Å²) in [6, 6.07) is 4.15. The summed E-state index contributed by atoms with van der Waals surface area (Å²) in [4.78, 5) is 20.9. The van der Waals surface area contributed by atoms with Gasteiger partial charge in [-0.3, -0.25) is 4.79 Å². The standard InChI is InChI=1S/C14H17N3OS2/c1-9-12(14(18)17-6-2-4-10(15)8-17)20-13(16-9)11-5-3-7-19-11/h3,5,7,10H,2,4,6,8,15H2,1H3. The monoisotopic (exact) mass is 307 g/mol. The van der Waals surface area contributed by atoms with Crippen LogP contribution in [-0.2, 0) is 0 Å². The van der Waals surface area contributed by atoms with E-state index in [1.54, 1.807) is 11.3 Å². The van der Waals surface area contributed by atoms with Gasteiger partial charge in [-0.2, -0.15) is 0 Å². The highest BCUT2D eigenvalue weighted by atomic mass is 32.1. The molecule has 1 aliphatic heterocycles. The Morgan fingerprint density at radius 2 is 2.40 bits per heavy atom. The number of piperidine rings is 1. The molecule has 3 heterocycles. The molecule has 1 aliphatic rings. The van der Waals surface area contributed by atoms with Crippen LogP contribution in [0.25, 0.3) is 9.88 Å². The van der Waals surface area contributed by atoms with Gasteiger partial charge in [-0.05, 0) is 31.2 Å². The summed E-state index contributed by atoms with van der Waals surface area (Å²) in [5.74, 6) is 0.0814. The number of hydrogen-bond donors (Lipinski definition) is 1. The van der Waals surface area contributed by atoms with Crippen molar-refractivity contribution in [3.05, 3.63) is 28.1 Å². The van der Waals surface area contributed by atoms with Gasteiger partial charge in [0.2, 0.25) is 0 Å². The molecule has 0 radical (unpaired) electrons. The van der Waals surface area contributed by atoms with E-state index >= 15 is 0 Å². The lowest BCUT2D eigenvalue weighted by Crippen LogP contribution is -2.45. The number of amides is 1. The van der Waals surface area contributed by atoms with Gasteiger partial charge < -0.3 is 10.6 Å². The summed E-state index contributed by atoms with van der Waals surface area (Å²) in [6.07, 6.45) is 1.99. The smallest absolute Gasteiger partial charge is 0.265 e. The second-order valence-corrected chi connectivity index (χ2v) is 7.01. The first-order valence-electron chi connectivity index (χ1n) is 6.71. The van der Waals surface area contributed by atoms with Gasteiger partial charge in [0.25, 0.3) is 5.91 Å². The molecule has 1 saturated heterocycles. The van der Waals surface area contributed by atoms with Crippen LogP contribution in [0.2, 0.25) is 0 Å². The number of aryl methyl sites for hydroxylation is 1. The molecule has 2 N–H and O–H groups in total. The van der Waals surface area contributed by atoms with E-state index in [0.717, 1.165) is 39.8 Å². The van der Waals surface area contributed by atoms with Crippen molar-refractivity contribution in [3.63, 3.8) is 0 Å². The van der Waals surface area contributed by atoms with E-state index in [-0.39, 0.29) is 11.9 Å². The maximum atomic E-state index is 12.6. The zero-order valence-electron chi connectivity index (χ0n) is 11.3. The maximum Gasteiger partial charge on any atom is 0.265 e. The summed E-state index contributed by atoms with van der Waals surface area (Å²) in [5.41, 5.74) is 6.78. The summed E-state index contributed by atoms with van der Waals surface area (Å²) < 4.78 is 0. The molecule has 0 bridgehead atoms. The normalized spacial score (nSPS) is 19.3. The second kappa shape index (κ2) is 5.63. The first-order valence-corrected chi connectivity index (χ1v) is 8.41. The summed E-state index contributed by atoms with van der Waals surface area (Å²) in [6.45, 7) is 3.37. The molecule has 1 amide bonds. The molecular formula is C14H17N3OS2. The molecular weight excluding hydrogens is 290 g/mol. The van der Waals surface area contributed by atoms with Crippen LogP contribution in [0.5, 0.6) is 0 Å². The van der Waals surface area contributed by atoms with Crippen LogP contribution < -0.4 is 5.73 Å². The van der Waals surface area contributed by atoms with Crippen LogP contribution in [0.3, 0.4) is 0 Å². The fraction of sp³-hybridized carbons (Fsp3) is 0.429. The van der Waals surface area contributed by atoms with Crippen LogP contribution in [0.15, 0.2) is 17.5 Å². The Morgan fingerprint density at radius 3 is 3.10 bits per heavy atom. The molecule has 2 aromatic heterocycles. The molecule has 1 unspecified atom stereocenters. The molecule has 6 heteroatoms. The number of hydrogen-bond acceptors (Lipinski definition) is 5. The molecule has 106 valence electrons. The molecule has 0 saturated carbocycles. The third-order valence-corrected chi connectivity index (χ3v) is 5.65. The maximum absolute atomic E-state index is 12.6. The van der Waals surface area contributed by atoms with Crippen LogP contribution in [0, 0.1) is 6.92 Å². The fourth-order valence-corrected chi connectivity index (χ4v) is 4.27. The van der Waals surface area contributed by atoms with E-state index in [1.165, 1.54) is 11.3 Å². The summed E-state index contributed by atoms with van der Waals surface area (Å²) >= 11 is 3.14. The highest BCUT2D eigenvalue weighted by Crippen LogP contribution is 2.32. The van der Waals surface area contributed by atoms with Gasteiger partial charge in [0.05, 0.1) is 10.6 Å². The molecule has 4 nitrogen and oxygen atoms in total. The van der Waals surface area contributed by atoms with Crippen molar-refractivity contribution in [2.75, 3.05) is 13.1 Å². The molecule has 0 aromatic carbocycles. The Morgan fingerprint density at radius 1 is 1.55 bits per heavy atom. The third-order valence-electron chi connectivity index (χ3n) is 3.47. The van der Waals surface area contributed by atoms with Crippen molar-refractivity contribution in [1.82, 2.24) is 9.88 Å². The van der Waals surface area contributed by atoms with E-state index in [2.05, 4.69) is 4.98 Å². The van der Waals surface area contributed by atoms with Gasteiger partial charge in [-0.15, -0.1) is 22.7 Å². The number of rotatable bonds is 2. The average Bonchev–Trinajstić information content (AvgIpc) is 3.07. The fourth-order valence-electron chi connectivity index (χ4n) is 2.44. The molecule has 1 atom stereocenters. The predicted octanol–water partition coefficient (Wildman–Crippen LogP) is 2.74. The lowest BCUT2D eigenvalue weighted by atomic mass is 10.1. The number of carbonyl (C=O) groups excluding carboxylic acids is 1. The van der Waals surface area contributed by atoms with Gasteiger partial charge in [-0.25, -0.2) is 4.98 Å². The predicted molar refractivity (Wildman–Crippen MR) is 83.3 cm³/mol. The summed E-state index contributed by atoms with van der Waals surface area (Å²) in [5, 5.41) is 2.96. The van der Waals surface area contributed by atoms with Gasteiger partial charge >= 0.3 is 0 Å². The van der Waals surface area contributed by atoms with Gasteiger partial charge in [0.1, 0.15) is 9.88 Å². The topological polar surface area (TPSA) is 59.2 Å². The highest BCUT2D eigenvalue weighted by Gasteiger charge is 2.25. The van der Waals surface area contributed by atoms with Crippen molar-refractivity contribution in [1.29, 1.82) is 0 Å². The van der Waals surface area contributed by atoms with Crippen molar-refractivity contribution < 1.29 is 4.79 Å². The lowest BCUT2D eigenvalue weighted by Gasteiger charge is -2.30. The average molecular weight is 307 g/mol. The summed E-state index contributed by atoms with van der Waals surface area (Å²) in [7, 11) is 0. The minimum Gasteiger partial charge on any atom is -0.336 e. The second-order valence-electron chi connectivity index (χ2n) is 5.06. The molecule has 2 aromatic rings. The zero-order valence-corrected chi connectivity index (χ0v) is 13.0. The highest BCUT2D eigenvalue weighted by molar-refractivity contribution is 7.22. The van der Waals surface area contributed by atoms with E-state index in [4.69, 9.17) is 5.73 Å². The Labute approximate surface area is 126 Å². The molecule has 1 fully saturated rings. The molecule has 0 spiro atoms. The number of carbonyl (C=O) groups is 1. The van der Waals surface area contributed by atoms with Crippen LogP contribution in [0.1, 0.15) is 28.2 Å². The first-order chi connectivity index (χ1) is 9.65. The van der Waals surface area contributed by atoms with Crippen molar-refractivity contribution in [3.8, 4) is 9.88 Å². The molecule has 0 aliphatic carbocycles. The minimum absolute atomic E-state index is 0.0814. The third kappa shape index (κ3) is 2.63. The number of aromatic nitrogens is 1. The van der Waals surface area contributed by atoms with Crippen molar-refractivity contribution >= 4 is 28.6 Å². The largest absolute Gasteiger partial charge is 0.336 e. The van der Waals surface area contributed by atoms with E-state index < -0.39 is 0 Å². The van der Waals surface area contributed by atoms with Gasteiger partial charge in [-0.1, -0.05) is 6.07 Å². The Hall–Kier alpha value is -1.24. The lowest BCUT2D eigenvalue weighted by molar-refractivity contribution is 0.0713. The van der Waals surface area contributed by atoms with Crippen LogP contribution in [-0.4, -0.2) is 34.9 Å². The molecule has 3 rings (SSSR count). The minimum atomic E-state index is 0.0814.